The zero-order valence-corrected chi connectivity index (χ0v) is 6.52. The molecule has 0 heterocycles. The average Bonchev–Trinajstić information content (AvgIpc) is 1.67. The normalized spacial score (nSPS) is 7.44. The predicted molar refractivity (Wildman–Crippen MR) is 30.0 cm³/mol. The van der Waals surface area contributed by atoms with Gasteiger partial charge in [-0.3, -0.25) is 0 Å². The van der Waals surface area contributed by atoms with Crippen molar-refractivity contribution >= 4 is 0 Å². The molecule has 0 bridgehead atoms. The van der Waals surface area contributed by atoms with Crippen molar-refractivity contribution in [3.63, 3.8) is 0 Å². The molecule has 0 aromatic heterocycles. The van der Waals surface area contributed by atoms with Gasteiger partial charge in [-0.15, -0.1) is 0 Å². The van der Waals surface area contributed by atoms with Gasteiger partial charge in [0, 0.05) is 5.95 Å². The van der Waals surface area contributed by atoms with Crippen molar-refractivity contribution in [1.29, 1.82) is 0 Å². The van der Waals surface area contributed by atoms with E-state index >= 15 is 0 Å². The zero-order valence-electron chi connectivity index (χ0n) is 6.52. The molecule has 2 nitrogen and oxygen atoms in total. The first-order valence-corrected chi connectivity index (χ1v) is 2.65. The van der Waals surface area contributed by atoms with Crippen molar-refractivity contribution in [2.75, 3.05) is 6.61 Å². The Bertz CT molecular complexity index is 95.2. The molecule has 0 aliphatic carbocycles. The number of hydrogen-bond donors (Lipinski definition) is 0. The summed E-state index contributed by atoms with van der Waals surface area (Å²) in [7, 11) is 0. The van der Waals surface area contributed by atoms with Crippen molar-refractivity contribution in [2.24, 2.45) is 0 Å². The molecule has 0 aliphatic rings. The number of allylic oxidation sites excluding steroid dienone is 1. The van der Waals surface area contributed by atoms with Gasteiger partial charge in [0.05, 0.1) is 0 Å². The van der Waals surface area contributed by atoms with E-state index in [1.54, 1.807) is 20.8 Å². The minimum absolute atomic E-state index is 0. The van der Waals surface area contributed by atoms with Gasteiger partial charge in [-0.05, 0) is 20.5 Å². The largest absolute Gasteiger partial charge is 1.00 e. The van der Waals surface area contributed by atoms with Gasteiger partial charge in [0.1, 0.15) is 0 Å². The first-order chi connectivity index (χ1) is 3.68. The average molecular weight is 122 g/mol. The van der Waals surface area contributed by atoms with Gasteiger partial charge in [-0.25, -0.2) is 0 Å². The van der Waals surface area contributed by atoms with E-state index in [9.17, 15) is 5.11 Å². The van der Waals surface area contributed by atoms with E-state index in [0.717, 1.165) is 0 Å². The Kier molecular flexibility index (Phi) is 7.88. The Balaban J connectivity index is 0. The molecule has 3 heteroatoms. The fraction of sp³-hybridized carbons (Fsp3) is 0.667. The van der Waals surface area contributed by atoms with Crippen LogP contribution in [0.1, 0.15) is 20.8 Å². The Labute approximate surface area is 68.1 Å². The molecule has 0 saturated carbocycles. The second-order valence-electron chi connectivity index (χ2n) is 1.72. The molecule has 0 N–H and O–H groups in total. The summed E-state index contributed by atoms with van der Waals surface area (Å²) in [6.45, 7) is 5.72. The molecule has 0 aromatic rings. The van der Waals surface area contributed by atoms with Gasteiger partial charge >= 0.3 is 18.9 Å². The molecule has 0 aromatic carbocycles. The van der Waals surface area contributed by atoms with Crippen molar-refractivity contribution in [2.45, 2.75) is 20.8 Å². The Hall–Kier alpha value is -0.0626. The van der Waals surface area contributed by atoms with Crippen LogP contribution in [0, 0.1) is 0 Å². The molecule has 0 radical (unpaired) electrons. The summed E-state index contributed by atoms with van der Waals surface area (Å²) in [5.41, 5.74) is 0.701. The van der Waals surface area contributed by atoms with Gasteiger partial charge in [0.25, 0.3) is 0 Å². The van der Waals surface area contributed by atoms with Crippen LogP contribution in [-0.2, 0) is 4.74 Å². The fourth-order valence-electron chi connectivity index (χ4n) is 0.275. The molecule has 48 valence electrons. The van der Waals surface area contributed by atoms with Crippen molar-refractivity contribution in [1.82, 2.24) is 0 Å². The molecule has 0 atom stereocenters. The van der Waals surface area contributed by atoms with Gasteiger partial charge in [0.15, 0.2) is 0 Å². The van der Waals surface area contributed by atoms with Crippen LogP contribution in [0.3, 0.4) is 0 Å². The second-order valence-corrected chi connectivity index (χ2v) is 1.72. The van der Waals surface area contributed by atoms with Crippen molar-refractivity contribution in [3.8, 4) is 0 Å². The first-order valence-electron chi connectivity index (χ1n) is 2.65. The van der Waals surface area contributed by atoms with E-state index in [1.807, 2.05) is 0 Å². The molecule has 9 heavy (non-hydrogen) atoms. The van der Waals surface area contributed by atoms with Crippen LogP contribution in [0.2, 0.25) is 0 Å². The van der Waals surface area contributed by atoms with E-state index < -0.39 is 0 Å². The SMILES string of the molecule is CCOC([O-])=C(C)C.[Li+]. The molecular weight excluding hydrogens is 111 g/mol. The van der Waals surface area contributed by atoms with Crippen LogP contribution in [-0.4, -0.2) is 6.61 Å². The minimum atomic E-state index is -0.201. The quantitative estimate of drug-likeness (QED) is 0.303. The van der Waals surface area contributed by atoms with Crippen LogP contribution >= 0.6 is 0 Å². The molecular formula is C6H11LiO2. The third kappa shape index (κ3) is 5.81. The maximum Gasteiger partial charge on any atom is 1.00 e. The minimum Gasteiger partial charge on any atom is -0.614 e. The van der Waals surface area contributed by atoms with Crippen molar-refractivity contribution < 1.29 is 28.7 Å². The number of ether oxygens (including phenoxy) is 1. The van der Waals surface area contributed by atoms with Gasteiger partial charge in [-0.2, -0.15) is 0 Å². The third-order valence-corrected chi connectivity index (χ3v) is 0.684. The van der Waals surface area contributed by atoms with E-state index in [0.29, 0.717) is 12.2 Å². The monoisotopic (exact) mass is 122 g/mol. The molecule has 0 fully saturated rings. The van der Waals surface area contributed by atoms with Gasteiger partial charge in [0.2, 0.25) is 0 Å². The fourth-order valence-corrected chi connectivity index (χ4v) is 0.275. The summed E-state index contributed by atoms with van der Waals surface area (Å²) in [6.07, 6.45) is 0. The van der Waals surface area contributed by atoms with E-state index in [2.05, 4.69) is 4.74 Å². The summed E-state index contributed by atoms with van der Waals surface area (Å²) in [5.74, 6) is -0.201. The number of rotatable bonds is 2. The molecule has 0 saturated heterocycles. The van der Waals surface area contributed by atoms with Crippen LogP contribution in [0.5, 0.6) is 0 Å². The van der Waals surface area contributed by atoms with E-state index in [-0.39, 0.29) is 24.8 Å². The second kappa shape index (κ2) is 6.06. The topological polar surface area (TPSA) is 32.3 Å². The summed E-state index contributed by atoms with van der Waals surface area (Å²) in [5, 5.41) is 10.5. The van der Waals surface area contributed by atoms with Crippen LogP contribution in [0.15, 0.2) is 11.5 Å². The molecule has 0 spiro atoms. The first kappa shape index (κ1) is 11.7. The smallest absolute Gasteiger partial charge is 0.614 e. The predicted octanol–water partition coefficient (Wildman–Crippen LogP) is -2.36. The molecule has 0 unspecified atom stereocenters. The molecule has 0 amide bonds. The Morgan fingerprint density at radius 1 is 1.44 bits per heavy atom. The molecule has 0 aliphatic heterocycles. The Morgan fingerprint density at radius 3 is 2.00 bits per heavy atom. The van der Waals surface area contributed by atoms with Crippen LogP contribution < -0.4 is 24.0 Å². The van der Waals surface area contributed by atoms with Gasteiger partial charge in [-0.1, -0.05) is 12.5 Å². The zero-order chi connectivity index (χ0) is 6.57. The summed E-state index contributed by atoms with van der Waals surface area (Å²) >= 11 is 0. The summed E-state index contributed by atoms with van der Waals surface area (Å²) in [4.78, 5) is 0. The third-order valence-electron chi connectivity index (χ3n) is 0.684. The van der Waals surface area contributed by atoms with E-state index in [4.69, 9.17) is 0 Å². The molecule has 0 rings (SSSR count). The maximum absolute atomic E-state index is 10.5. The summed E-state index contributed by atoms with van der Waals surface area (Å²) < 4.78 is 4.63. The Morgan fingerprint density at radius 2 is 1.89 bits per heavy atom. The van der Waals surface area contributed by atoms with Crippen molar-refractivity contribution in [3.05, 3.63) is 11.5 Å². The van der Waals surface area contributed by atoms with Gasteiger partial charge < -0.3 is 9.84 Å². The maximum atomic E-state index is 10.5. The van der Waals surface area contributed by atoms with Crippen LogP contribution in [0.25, 0.3) is 0 Å². The standard InChI is InChI=1S/C6H12O2.Li/c1-4-8-6(7)5(2)3;/h7H,4H2,1-3H3;/q;+1/p-1. The van der Waals surface area contributed by atoms with Crippen LogP contribution in [0.4, 0.5) is 0 Å². The number of hydrogen-bond acceptors (Lipinski definition) is 2. The van der Waals surface area contributed by atoms with E-state index in [1.165, 1.54) is 0 Å². The summed E-state index contributed by atoms with van der Waals surface area (Å²) in [6, 6.07) is 0.